The molecule has 0 spiro atoms. The summed E-state index contributed by atoms with van der Waals surface area (Å²) in [5, 5.41) is 19.6. The lowest BCUT2D eigenvalue weighted by Gasteiger charge is -2.08. The van der Waals surface area contributed by atoms with Crippen LogP contribution < -0.4 is 5.32 Å². The van der Waals surface area contributed by atoms with Gasteiger partial charge in [0.15, 0.2) is 0 Å². The minimum absolute atomic E-state index is 0.158. The maximum atomic E-state index is 12.2. The first kappa shape index (κ1) is 14.7. The summed E-state index contributed by atoms with van der Waals surface area (Å²) in [6.07, 6.45) is 0.660. The third kappa shape index (κ3) is 3.63. The van der Waals surface area contributed by atoms with Crippen LogP contribution in [0.1, 0.15) is 39.8 Å². The Labute approximate surface area is 123 Å². The highest BCUT2D eigenvalue weighted by atomic mass is 16.1. The SMILES string of the molecule is CCc1nnc(C)cc1C(=O)NCc1ccc(C#N)cc1. The number of hydrogen-bond donors (Lipinski definition) is 1. The second-order valence-electron chi connectivity index (χ2n) is 4.69. The fourth-order valence-electron chi connectivity index (χ4n) is 1.95. The molecule has 1 heterocycles. The van der Waals surface area contributed by atoms with E-state index >= 15 is 0 Å². The minimum atomic E-state index is -0.158. The van der Waals surface area contributed by atoms with E-state index in [9.17, 15) is 4.79 Å². The van der Waals surface area contributed by atoms with E-state index in [1.807, 2.05) is 26.0 Å². The molecule has 0 saturated heterocycles. The highest BCUT2D eigenvalue weighted by Gasteiger charge is 2.12. The van der Waals surface area contributed by atoms with Crippen LogP contribution in [0.15, 0.2) is 30.3 Å². The Balaban J connectivity index is 2.08. The Kier molecular flexibility index (Phi) is 4.62. The molecule has 21 heavy (non-hydrogen) atoms. The Morgan fingerprint density at radius 1 is 1.29 bits per heavy atom. The lowest BCUT2D eigenvalue weighted by Crippen LogP contribution is -2.24. The van der Waals surface area contributed by atoms with Gasteiger partial charge < -0.3 is 5.32 Å². The van der Waals surface area contributed by atoms with E-state index in [0.29, 0.717) is 29.8 Å². The number of carbonyl (C=O) groups is 1. The summed E-state index contributed by atoms with van der Waals surface area (Å²) in [4.78, 5) is 12.2. The van der Waals surface area contributed by atoms with Gasteiger partial charge >= 0.3 is 0 Å². The van der Waals surface area contributed by atoms with Gasteiger partial charge in [0, 0.05) is 6.54 Å². The van der Waals surface area contributed by atoms with Crippen LogP contribution in [0.2, 0.25) is 0 Å². The van der Waals surface area contributed by atoms with Crippen LogP contribution >= 0.6 is 0 Å². The summed E-state index contributed by atoms with van der Waals surface area (Å²) in [7, 11) is 0. The number of nitriles is 1. The minimum Gasteiger partial charge on any atom is -0.348 e. The van der Waals surface area contributed by atoms with E-state index in [1.54, 1.807) is 18.2 Å². The number of aryl methyl sites for hydroxylation is 2. The summed E-state index contributed by atoms with van der Waals surface area (Å²) < 4.78 is 0. The van der Waals surface area contributed by atoms with Gasteiger partial charge in [-0.25, -0.2) is 0 Å². The van der Waals surface area contributed by atoms with Crippen LogP contribution in [0.4, 0.5) is 0 Å². The molecule has 5 nitrogen and oxygen atoms in total. The van der Waals surface area contributed by atoms with Crippen LogP contribution in [0.3, 0.4) is 0 Å². The van der Waals surface area contributed by atoms with Crippen molar-refractivity contribution in [3.63, 3.8) is 0 Å². The molecule has 0 unspecified atom stereocenters. The largest absolute Gasteiger partial charge is 0.348 e. The lowest BCUT2D eigenvalue weighted by molar-refractivity contribution is 0.0949. The molecule has 0 saturated carbocycles. The number of hydrogen-bond acceptors (Lipinski definition) is 4. The van der Waals surface area contributed by atoms with Gasteiger partial charge in [-0.15, -0.1) is 0 Å². The fourth-order valence-corrected chi connectivity index (χ4v) is 1.95. The standard InChI is InChI=1S/C16H16N4O/c1-3-15-14(8-11(2)19-20-15)16(21)18-10-13-6-4-12(9-17)5-7-13/h4-8H,3,10H2,1-2H3,(H,18,21). The Morgan fingerprint density at radius 3 is 2.62 bits per heavy atom. The summed E-state index contributed by atoms with van der Waals surface area (Å²) in [6, 6.07) is 10.9. The second kappa shape index (κ2) is 6.62. The molecule has 0 aliphatic carbocycles. The van der Waals surface area contributed by atoms with E-state index < -0.39 is 0 Å². The van der Waals surface area contributed by atoms with Crippen molar-refractivity contribution in [3.05, 3.63) is 58.4 Å². The van der Waals surface area contributed by atoms with Crippen molar-refractivity contribution < 1.29 is 4.79 Å². The van der Waals surface area contributed by atoms with Gasteiger partial charge in [0.05, 0.1) is 28.6 Å². The number of carbonyl (C=O) groups excluding carboxylic acids is 1. The number of amides is 1. The molecule has 2 rings (SSSR count). The monoisotopic (exact) mass is 280 g/mol. The van der Waals surface area contributed by atoms with Crippen molar-refractivity contribution in [2.45, 2.75) is 26.8 Å². The second-order valence-corrected chi connectivity index (χ2v) is 4.69. The average Bonchev–Trinajstić information content (AvgIpc) is 2.53. The van der Waals surface area contributed by atoms with Gasteiger partial charge in [-0.3, -0.25) is 4.79 Å². The fraction of sp³-hybridized carbons (Fsp3) is 0.250. The van der Waals surface area contributed by atoms with Crippen molar-refractivity contribution in [1.29, 1.82) is 5.26 Å². The topological polar surface area (TPSA) is 78.7 Å². The first-order valence-electron chi connectivity index (χ1n) is 6.74. The normalized spacial score (nSPS) is 9.95. The van der Waals surface area contributed by atoms with E-state index in [1.165, 1.54) is 0 Å². The Morgan fingerprint density at radius 2 is 2.00 bits per heavy atom. The smallest absolute Gasteiger partial charge is 0.253 e. The number of rotatable bonds is 4. The molecule has 0 aliphatic rings. The van der Waals surface area contributed by atoms with Crippen molar-refractivity contribution in [2.75, 3.05) is 0 Å². The molecule has 1 aromatic carbocycles. The van der Waals surface area contributed by atoms with Crippen molar-refractivity contribution in [3.8, 4) is 6.07 Å². The van der Waals surface area contributed by atoms with Gasteiger partial charge in [-0.1, -0.05) is 19.1 Å². The molecule has 2 aromatic rings. The van der Waals surface area contributed by atoms with Crippen molar-refractivity contribution in [1.82, 2.24) is 15.5 Å². The molecule has 1 N–H and O–H groups in total. The number of aromatic nitrogens is 2. The summed E-state index contributed by atoms with van der Waals surface area (Å²) in [5.41, 5.74) is 3.53. The molecular weight excluding hydrogens is 264 g/mol. The zero-order chi connectivity index (χ0) is 15.2. The van der Waals surface area contributed by atoms with Crippen molar-refractivity contribution in [2.24, 2.45) is 0 Å². The number of nitrogens with one attached hydrogen (secondary N) is 1. The molecule has 1 amide bonds. The molecule has 0 atom stereocenters. The van der Waals surface area contributed by atoms with E-state index in [4.69, 9.17) is 5.26 Å². The Hall–Kier alpha value is -2.74. The molecular formula is C16H16N4O. The van der Waals surface area contributed by atoms with Crippen molar-refractivity contribution >= 4 is 5.91 Å². The maximum absolute atomic E-state index is 12.2. The quantitative estimate of drug-likeness (QED) is 0.930. The van der Waals surface area contributed by atoms with E-state index in [0.717, 1.165) is 11.3 Å². The average molecular weight is 280 g/mol. The Bertz CT molecular complexity index is 686. The predicted molar refractivity (Wildman–Crippen MR) is 78.5 cm³/mol. The molecule has 106 valence electrons. The molecule has 5 heteroatoms. The van der Waals surface area contributed by atoms with Gasteiger partial charge in [0.25, 0.3) is 5.91 Å². The third-order valence-corrected chi connectivity index (χ3v) is 3.11. The van der Waals surface area contributed by atoms with Gasteiger partial charge in [0.2, 0.25) is 0 Å². The first-order valence-corrected chi connectivity index (χ1v) is 6.74. The predicted octanol–water partition coefficient (Wildman–Crippen LogP) is 2.15. The lowest BCUT2D eigenvalue weighted by atomic mass is 10.1. The van der Waals surface area contributed by atoms with Gasteiger partial charge in [0.1, 0.15) is 0 Å². The van der Waals surface area contributed by atoms with Crippen LogP contribution in [-0.4, -0.2) is 16.1 Å². The zero-order valence-electron chi connectivity index (χ0n) is 12.1. The van der Waals surface area contributed by atoms with Crippen LogP contribution in [-0.2, 0) is 13.0 Å². The molecule has 0 fully saturated rings. The summed E-state index contributed by atoms with van der Waals surface area (Å²) in [5.74, 6) is -0.158. The van der Waals surface area contributed by atoms with Gasteiger partial charge in [-0.2, -0.15) is 15.5 Å². The zero-order valence-corrected chi connectivity index (χ0v) is 12.1. The number of nitrogens with zero attached hydrogens (tertiary/aromatic N) is 3. The van der Waals surface area contributed by atoms with Crippen LogP contribution in [0.25, 0.3) is 0 Å². The molecule has 0 aliphatic heterocycles. The molecule has 0 bridgehead atoms. The summed E-state index contributed by atoms with van der Waals surface area (Å²) in [6.45, 7) is 4.16. The van der Waals surface area contributed by atoms with Crippen LogP contribution in [0.5, 0.6) is 0 Å². The number of benzene rings is 1. The van der Waals surface area contributed by atoms with E-state index in [2.05, 4.69) is 21.6 Å². The van der Waals surface area contributed by atoms with Crippen LogP contribution in [0, 0.1) is 18.3 Å². The first-order chi connectivity index (χ1) is 10.1. The molecule has 1 aromatic heterocycles. The van der Waals surface area contributed by atoms with Gasteiger partial charge in [-0.05, 0) is 37.1 Å². The summed E-state index contributed by atoms with van der Waals surface area (Å²) >= 11 is 0. The maximum Gasteiger partial charge on any atom is 0.253 e. The highest BCUT2D eigenvalue weighted by molar-refractivity contribution is 5.95. The highest BCUT2D eigenvalue weighted by Crippen LogP contribution is 2.08. The van der Waals surface area contributed by atoms with E-state index in [-0.39, 0.29) is 5.91 Å². The molecule has 0 radical (unpaired) electrons. The third-order valence-electron chi connectivity index (χ3n) is 3.11.